The molecule has 0 aliphatic heterocycles. The Balaban J connectivity index is 1.82. The molecule has 0 saturated carbocycles. The summed E-state index contributed by atoms with van der Waals surface area (Å²) < 4.78 is 27.8. The van der Waals surface area contributed by atoms with Crippen LogP contribution in [0.3, 0.4) is 0 Å². The highest BCUT2D eigenvalue weighted by Gasteiger charge is 2.11. The topological polar surface area (TPSA) is 102 Å². The van der Waals surface area contributed by atoms with Gasteiger partial charge in [-0.2, -0.15) is 0 Å². The standard InChI is InChI=1S/C17H18N4O4S/c1-20-14-9-8-13(10-15(14)21(2)17(20)23)18-16(22)11-4-6-12(7-5-11)19-26(3,24)25/h4-10,19H,1-3H3,(H,18,22). The van der Waals surface area contributed by atoms with Gasteiger partial charge >= 0.3 is 5.69 Å². The van der Waals surface area contributed by atoms with Crippen LogP contribution in [0.4, 0.5) is 11.4 Å². The highest BCUT2D eigenvalue weighted by Crippen LogP contribution is 2.19. The predicted octanol–water partition coefficient (Wildman–Crippen LogP) is 1.50. The molecule has 3 aromatic rings. The SMILES string of the molecule is Cn1c(=O)n(C)c2cc(NC(=O)c3ccc(NS(C)(=O)=O)cc3)ccc21. The number of amides is 1. The van der Waals surface area contributed by atoms with Crippen molar-refractivity contribution in [3.63, 3.8) is 0 Å². The van der Waals surface area contributed by atoms with Crippen molar-refractivity contribution in [3.8, 4) is 0 Å². The van der Waals surface area contributed by atoms with Crippen LogP contribution in [0, 0.1) is 0 Å². The maximum Gasteiger partial charge on any atom is 0.328 e. The first-order valence-electron chi connectivity index (χ1n) is 7.70. The number of hydrogen-bond donors (Lipinski definition) is 2. The summed E-state index contributed by atoms with van der Waals surface area (Å²) >= 11 is 0. The van der Waals surface area contributed by atoms with Gasteiger partial charge in [0, 0.05) is 31.0 Å². The lowest BCUT2D eigenvalue weighted by molar-refractivity contribution is 0.102. The van der Waals surface area contributed by atoms with Crippen LogP contribution < -0.4 is 15.7 Å². The first-order valence-corrected chi connectivity index (χ1v) is 9.59. The molecule has 0 unspecified atom stereocenters. The predicted molar refractivity (Wildman–Crippen MR) is 101 cm³/mol. The maximum absolute atomic E-state index is 12.4. The van der Waals surface area contributed by atoms with E-state index in [9.17, 15) is 18.0 Å². The largest absolute Gasteiger partial charge is 0.328 e. The van der Waals surface area contributed by atoms with E-state index in [2.05, 4.69) is 10.0 Å². The third-order valence-corrected chi connectivity index (χ3v) is 4.59. The van der Waals surface area contributed by atoms with E-state index in [4.69, 9.17) is 0 Å². The summed E-state index contributed by atoms with van der Waals surface area (Å²) in [6, 6.07) is 11.3. The zero-order valence-electron chi connectivity index (χ0n) is 14.5. The molecule has 0 radical (unpaired) electrons. The normalized spacial score (nSPS) is 11.5. The third kappa shape index (κ3) is 3.47. The summed E-state index contributed by atoms with van der Waals surface area (Å²) in [5.74, 6) is -0.337. The van der Waals surface area contributed by atoms with E-state index >= 15 is 0 Å². The van der Waals surface area contributed by atoms with Crippen LogP contribution in [0.1, 0.15) is 10.4 Å². The Bertz CT molecular complexity index is 1160. The summed E-state index contributed by atoms with van der Waals surface area (Å²) in [6.07, 6.45) is 1.06. The molecule has 0 fully saturated rings. The van der Waals surface area contributed by atoms with Crippen LogP contribution in [0.2, 0.25) is 0 Å². The third-order valence-electron chi connectivity index (χ3n) is 3.98. The fraction of sp³-hybridized carbons (Fsp3) is 0.176. The zero-order chi connectivity index (χ0) is 19.1. The van der Waals surface area contributed by atoms with Gasteiger partial charge in [0.2, 0.25) is 10.0 Å². The molecule has 8 nitrogen and oxygen atoms in total. The first kappa shape index (κ1) is 17.7. The van der Waals surface area contributed by atoms with Crippen molar-refractivity contribution >= 4 is 38.3 Å². The second kappa shape index (κ2) is 6.34. The van der Waals surface area contributed by atoms with Crippen LogP contribution in [-0.2, 0) is 24.1 Å². The van der Waals surface area contributed by atoms with Crippen molar-refractivity contribution in [2.45, 2.75) is 0 Å². The molecular formula is C17H18N4O4S. The first-order chi connectivity index (χ1) is 12.2. The van der Waals surface area contributed by atoms with Crippen LogP contribution in [-0.4, -0.2) is 29.7 Å². The Labute approximate surface area is 150 Å². The van der Waals surface area contributed by atoms with Crippen molar-refractivity contribution in [1.82, 2.24) is 9.13 Å². The molecule has 2 N–H and O–H groups in total. The van der Waals surface area contributed by atoms with Gasteiger partial charge in [-0.3, -0.25) is 18.7 Å². The van der Waals surface area contributed by atoms with E-state index in [-0.39, 0.29) is 11.6 Å². The molecule has 26 heavy (non-hydrogen) atoms. The van der Waals surface area contributed by atoms with Gasteiger partial charge in [-0.15, -0.1) is 0 Å². The molecule has 0 saturated heterocycles. The average molecular weight is 374 g/mol. The van der Waals surface area contributed by atoms with Gasteiger partial charge in [0.15, 0.2) is 0 Å². The lowest BCUT2D eigenvalue weighted by Gasteiger charge is -2.08. The number of aryl methyl sites for hydroxylation is 2. The molecule has 9 heteroatoms. The van der Waals surface area contributed by atoms with Gasteiger partial charge < -0.3 is 5.32 Å². The van der Waals surface area contributed by atoms with Crippen LogP contribution in [0.25, 0.3) is 11.0 Å². The summed E-state index contributed by atoms with van der Waals surface area (Å²) in [5, 5.41) is 2.77. The van der Waals surface area contributed by atoms with Gasteiger partial charge in [-0.05, 0) is 42.5 Å². The van der Waals surface area contributed by atoms with Crippen molar-refractivity contribution < 1.29 is 13.2 Å². The number of aromatic nitrogens is 2. The second-order valence-electron chi connectivity index (χ2n) is 6.01. The smallest absolute Gasteiger partial charge is 0.322 e. The minimum absolute atomic E-state index is 0.141. The number of sulfonamides is 1. The molecule has 0 spiro atoms. The van der Waals surface area contributed by atoms with E-state index in [0.717, 1.165) is 11.8 Å². The summed E-state index contributed by atoms with van der Waals surface area (Å²) in [7, 11) is -0.00574. The molecule has 0 bridgehead atoms. The number of fused-ring (bicyclic) bond motifs is 1. The number of hydrogen-bond acceptors (Lipinski definition) is 4. The lowest BCUT2D eigenvalue weighted by atomic mass is 10.2. The Morgan fingerprint density at radius 3 is 2.12 bits per heavy atom. The number of benzene rings is 2. The number of rotatable bonds is 4. The Morgan fingerprint density at radius 1 is 0.923 bits per heavy atom. The molecule has 1 amide bonds. The average Bonchev–Trinajstić information content (AvgIpc) is 2.78. The lowest BCUT2D eigenvalue weighted by Crippen LogP contribution is -2.19. The molecule has 0 atom stereocenters. The Hall–Kier alpha value is -3.07. The van der Waals surface area contributed by atoms with Crippen molar-refractivity contribution in [2.75, 3.05) is 16.3 Å². The molecule has 3 rings (SSSR count). The van der Waals surface area contributed by atoms with Crippen molar-refractivity contribution in [2.24, 2.45) is 14.1 Å². The highest BCUT2D eigenvalue weighted by molar-refractivity contribution is 7.92. The van der Waals surface area contributed by atoms with Crippen LogP contribution >= 0.6 is 0 Å². The van der Waals surface area contributed by atoms with E-state index in [1.165, 1.54) is 33.4 Å². The number of anilines is 2. The fourth-order valence-corrected chi connectivity index (χ4v) is 3.26. The second-order valence-corrected chi connectivity index (χ2v) is 7.76. The number of nitrogens with zero attached hydrogens (tertiary/aromatic N) is 2. The number of imidazole rings is 1. The summed E-state index contributed by atoms with van der Waals surface area (Å²) in [6.45, 7) is 0. The van der Waals surface area contributed by atoms with Gasteiger partial charge in [0.25, 0.3) is 5.91 Å². The maximum atomic E-state index is 12.4. The number of nitrogens with one attached hydrogen (secondary N) is 2. The molecule has 1 aromatic heterocycles. The van der Waals surface area contributed by atoms with E-state index in [1.54, 1.807) is 32.3 Å². The molecule has 1 heterocycles. The number of carbonyl (C=O) groups is 1. The quantitative estimate of drug-likeness (QED) is 0.722. The van der Waals surface area contributed by atoms with Gasteiger partial charge in [0.05, 0.1) is 17.3 Å². The summed E-state index contributed by atoms with van der Waals surface area (Å²) in [5.41, 5.74) is 2.66. The number of carbonyl (C=O) groups excluding carboxylic acids is 1. The van der Waals surface area contributed by atoms with Gasteiger partial charge in [0.1, 0.15) is 0 Å². The monoisotopic (exact) mass is 374 g/mol. The van der Waals surface area contributed by atoms with Gasteiger partial charge in [-0.1, -0.05) is 0 Å². The van der Waals surface area contributed by atoms with E-state index in [1.807, 2.05) is 0 Å². The highest BCUT2D eigenvalue weighted by atomic mass is 32.2. The summed E-state index contributed by atoms with van der Waals surface area (Å²) in [4.78, 5) is 24.3. The van der Waals surface area contributed by atoms with E-state index in [0.29, 0.717) is 22.5 Å². The molecule has 136 valence electrons. The molecule has 0 aliphatic rings. The van der Waals surface area contributed by atoms with Gasteiger partial charge in [-0.25, -0.2) is 13.2 Å². The minimum atomic E-state index is -3.37. The zero-order valence-corrected chi connectivity index (χ0v) is 15.3. The molecule has 2 aromatic carbocycles. The fourth-order valence-electron chi connectivity index (χ4n) is 2.69. The Morgan fingerprint density at radius 2 is 1.50 bits per heavy atom. The Kier molecular flexibility index (Phi) is 4.33. The minimum Gasteiger partial charge on any atom is -0.322 e. The van der Waals surface area contributed by atoms with E-state index < -0.39 is 10.0 Å². The van der Waals surface area contributed by atoms with Crippen LogP contribution in [0.5, 0.6) is 0 Å². The van der Waals surface area contributed by atoms with Crippen molar-refractivity contribution in [3.05, 3.63) is 58.5 Å². The van der Waals surface area contributed by atoms with Crippen molar-refractivity contribution in [1.29, 1.82) is 0 Å². The molecular weight excluding hydrogens is 356 g/mol. The van der Waals surface area contributed by atoms with Crippen LogP contribution in [0.15, 0.2) is 47.3 Å². The molecule has 0 aliphatic carbocycles.